The Labute approximate surface area is 178 Å². The minimum atomic E-state index is -0.140. The summed E-state index contributed by atoms with van der Waals surface area (Å²) in [5.41, 5.74) is 5.14. The molecule has 31 heavy (non-hydrogen) atoms. The van der Waals surface area contributed by atoms with Gasteiger partial charge in [-0.15, -0.1) is 0 Å². The number of aromatic amines is 2. The van der Waals surface area contributed by atoms with E-state index in [1.165, 1.54) is 0 Å². The van der Waals surface area contributed by atoms with Gasteiger partial charge in [0.25, 0.3) is 5.91 Å². The number of methoxy groups -OCH3 is 1. The Hall–Kier alpha value is -3.91. The molecule has 8 heteroatoms. The van der Waals surface area contributed by atoms with Gasteiger partial charge in [-0.25, -0.2) is 9.97 Å². The molecule has 8 nitrogen and oxygen atoms in total. The molecule has 0 atom stereocenters. The number of rotatable bonds is 6. The third-order valence-electron chi connectivity index (χ3n) is 5.40. The first-order chi connectivity index (χ1) is 15.2. The molecule has 5 rings (SSSR count). The molecule has 0 aliphatic carbocycles. The summed E-state index contributed by atoms with van der Waals surface area (Å²) in [6.45, 7) is 1.17. The summed E-state index contributed by atoms with van der Waals surface area (Å²) in [5.74, 6) is 1.39. The summed E-state index contributed by atoms with van der Waals surface area (Å²) in [4.78, 5) is 28.1. The predicted octanol–water partition coefficient (Wildman–Crippen LogP) is 3.58. The van der Waals surface area contributed by atoms with Gasteiger partial charge in [-0.2, -0.15) is 0 Å². The smallest absolute Gasteiger partial charge is 0.251 e. The van der Waals surface area contributed by atoms with Crippen molar-refractivity contribution in [3.8, 4) is 22.9 Å². The second-order valence-corrected chi connectivity index (χ2v) is 7.29. The zero-order valence-corrected chi connectivity index (χ0v) is 17.3. The molecule has 0 bridgehead atoms. The van der Waals surface area contributed by atoms with Crippen molar-refractivity contribution in [2.75, 3.05) is 20.8 Å². The number of carbonyl (C=O) groups is 1. The van der Waals surface area contributed by atoms with Gasteiger partial charge in [0.2, 0.25) is 0 Å². The highest BCUT2D eigenvalue weighted by atomic mass is 16.5. The molecule has 3 aromatic heterocycles. The second kappa shape index (κ2) is 7.73. The standard InChI is InChI=1S/C23H22N6O2/c1-24-23(30)16-4-6-20-18(12-16)28-22(29(20)9-10-31-2)19-13-26-21(27-19)15-3-5-17-14(11-15)7-8-25-17/h3-8,11-13,25H,9-10H2,1-2H3,(H,24,30)(H,26,27). The minimum Gasteiger partial charge on any atom is -0.383 e. The van der Waals surface area contributed by atoms with Crippen molar-refractivity contribution in [2.45, 2.75) is 6.54 Å². The SMILES string of the molecule is CNC(=O)c1ccc2c(c1)nc(-c1cnc(-c3ccc4[nH]ccc4c3)[nH]1)n2CCOC. The monoisotopic (exact) mass is 414 g/mol. The van der Waals surface area contributed by atoms with Crippen LogP contribution in [0, 0.1) is 0 Å². The zero-order chi connectivity index (χ0) is 21.4. The maximum absolute atomic E-state index is 12.0. The van der Waals surface area contributed by atoms with Crippen LogP contribution in [0.2, 0.25) is 0 Å². The van der Waals surface area contributed by atoms with Crippen molar-refractivity contribution in [3.05, 3.63) is 60.4 Å². The van der Waals surface area contributed by atoms with Crippen molar-refractivity contribution in [1.82, 2.24) is 29.8 Å². The molecule has 1 amide bonds. The molecule has 3 N–H and O–H groups in total. The Bertz CT molecular complexity index is 1390. The van der Waals surface area contributed by atoms with Crippen LogP contribution in [-0.2, 0) is 11.3 Å². The lowest BCUT2D eigenvalue weighted by atomic mass is 10.1. The zero-order valence-electron chi connectivity index (χ0n) is 17.3. The second-order valence-electron chi connectivity index (χ2n) is 7.29. The van der Waals surface area contributed by atoms with E-state index in [0.717, 1.165) is 44.8 Å². The summed E-state index contributed by atoms with van der Waals surface area (Å²) in [7, 11) is 3.29. The van der Waals surface area contributed by atoms with E-state index in [1.54, 1.807) is 32.5 Å². The normalized spacial score (nSPS) is 11.4. The lowest BCUT2D eigenvalue weighted by molar-refractivity contribution is 0.0963. The average Bonchev–Trinajstić information content (AvgIpc) is 3.54. The molecular weight excluding hydrogens is 392 g/mol. The number of nitrogens with zero attached hydrogens (tertiary/aromatic N) is 3. The van der Waals surface area contributed by atoms with Gasteiger partial charge in [0.05, 0.1) is 23.8 Å². The Balaban J connectivity index is 1.59. The number of ether oxygens (including phenoxy) is 1. The fraction of sp³-hybridized carbons (Fsp3) is 0.174. The van der Waals surface area contributed by atoms with E-state index in [9.17, 15) is 4.79 Å². The van der Waals surface area contributed by atoms with E-state index >= 15 is 0 Å². The van der Waals surface area contributed by atoms with Gasteiger partial charge >= 0.3 is 0 Å². The molecule has 5 aromatic rings. The Morgan fingerprint density at radius 3 is 2.94 bits per heavy atom. The van der Waals surface area contributed by atoms with Gasteiger partial charge in [0.1, 0.15) is 11.5 Å². The van der Waals surface area contributed by atoms with Crippen LogP contribution < -0.4 is 5.32 Å². The third-order valence-corrected chi connectivity index (χ3v) is 5.40. The molecule has 0 spiro atoms. The number of imidazole rings is 2. The van der Waals surface area contributed by atoms with E-state index in [1.807, 2.05) is 30.5 Å². The van der Waals surface area contributed by atoms with E-state index in [-0.39, 0.29) is 5.91 Å². The van der Waals surface area contributed by atoms with Crippen LogP contribution in [0.3, 0.4) is 0 Å². The summed E-state index contributed by atoms with van der Waals surface area (Å²) in [6, 6.07) is 13.7. The van der Waals surface area contributed by atoms with Crippen molar-refractivity contribution >= 4 is 27.8 Å². The molecule has 0 aliphatic heterocycles. The molecule has 0 unspecified atom stereocenters. The van der Waals surface area contributed by atoms with Crippen molar-refractivity contribution in [2.24, 2.45) is 0 Å². The topological polar surface area (TPSA) is 101 Å². The van der Waals surface area contributed by atoms with Gasteiger partial charge in [0, 0.05) is 48.9 Å². The fourth-order valence-electron chi connectivity index (χ4n) is 3.81. The van der Waals surface area contributed by atoms with E-state index in [4.69, 9.17) is 9.72 Å². The molecule has 156 valence electrons. The van der Waals surface area contributed by atoms with Gasteiger partial charge in [0.15, 0.2) is 5.82 Å². The molecule has 0 fully saturated rings. The Morgan fingerprint density at radius 1 is 1.19 bits per heavy atom. The Kier molecular flexibility index (Phi) is 4.76. The van der Waals surface area contributed by atoms with Crippen LogP contribution in [0.5, 0.6) is 0 Å². The van der Waals surface area contributed by atoms with Crippen LogP contribution in [0.25, 0.3) is 44.8 Å². The van der Waals surface area contributed by atoms with Crippen LogP contribution in [0.1, 0.15) is 10.4 Å². The number of hydrogen-bond acceptors (Lipinski definition) is 4. The molecule has 0 saturated heterocycles. The molecule has 0 radical (unpaired) electrons. The number of nitrogens with one attached hydrogen (secondary N) is 3. The highest BCUT2D eigenvalue weighted by Crippen LogP contribution is 2.28. The first-order valence-electron chi connectivity index (χ1n) is 10.0. The first kappa shape index (κ1) is 19.1. The highest BCUT2D eigenvalue weighted by molar-refractivity contribution is 5.97. The molecule has 3 heterocycles. The Morgan fingerprint density at radius 2 is 2.10 bits per heavy atom. The number of H-pyrrole nitrogens is 2. The van der Waals surface area contributed by atoms with Gasteiger partial charge < -0.3 is 24.6 Å². The third kappa shape index (κ3) is 3.36. The first-order valence-corrected chi connectivity index (χ1v) is 10.0. The van der Waals surface area contributed by atoms with E-state index in [0.29, 0.717) is 18.7 Å². The van der Waals surface area contributed by atoms with Gasteiger partial charge in [-0.1, -0.05) is 0 Å². The average molecular weight is 414 g/mol. The summed E-state index contributed by atoms with van der Waals surface area (Å²) in [6.07, 6.45) is 3.72. The minimum absolute atomic E-state index is 0.140. The van der Waals surface area contributed by atoms with Gasteiger partial charge in [-0.05, 0) is 42.5 Å². The van der Waals surface area contributed by atoms with E-state index < -0.39 is 0 Å². The van der Waals surface area contributed by atoms with E-state index in [2.05, 4.69) is 30.9 Å². The highest BCUT2D eigenvalue weighted by Gasteiger charge is 2.17. The van der Waals surface area contributed by atoms with Crippen LogP contribution in [-0.4, -0.2) is 51.2 Å². The quantitative estimate of drug-likeness (QED) is 0.395. The lowest BCUT2D eigenvalue weighted by Gasteiger charge is -2.07. The predicted molar refractivity (Wildman–Crippen MR) is 120 cm³/mol. The van der Waals surface area contributed by atoms with Crippen LogP contribution >= 0.6 is 0 Å². The largest absolute Gasteiger partial charge is 0.383 e. The summed E-state index contributed by atoms with van der Waals surface area (Å²) >= 11 is 0. The maximum Gasteiger partial charge on any atom is 0.251 e. The van der Waals surface area contributed by atoms with Crippen LogP contribution in [0.4, 0.5) is 0 Å². The van der Waals surface area contributed by atoms with Gasteiger partial charge in [-0.3, -0.25) is 4.79 Å². The van der Waals surface area contributed by atoms with Crippen molar-refractivity contribution in [1.29, 1.82) is 0 Å². The number of hydrogen-bond donors (Lipinski definition) is 3. The summed E-state index contributed by atoms with van der Waals surface area (Å²) < 4.78 is 7.38. The van der Waals surface area contributed by atoms with Crippen molar-refractivity contribution < 1.29 is 9.53 Å². The van der Waals surface area contributed by atoms with Crippen LogP contribution in [0.15, 0.2) is 54.9 Å². The number of amides is 1. The molecule has 2 aromatic carbocycles. The molecule has 0 saturated carbocycles. The lowest BCUT2D eigenvalue weighted by Crippen LogP contribution is -2.17. The molecular formula is C23H22N6O2. The maximum atomic E-state index is 12.0. The summed E-state index contributed by atoms with van der Waals surface area (Å²) in [5, 5.41) is 3.78. The molecule has 0 aliphatic rings. The number of benzene rings is 2. The number of fused-ring (bicyclic) bond motifs is 2. The number of carbonyl (C=O) groups excluding carboxylic acids is 1. The fourth-order valence-corrected chi connectivity index (χ4v) is 3.81. The number of aromatic nitrogens is 5. The van der Waals surface area contributed by atoms with Crippen molar-refractivity contribution in [3.63, 3.8) is 0 Å².